The molecule has 30 heavy (non-hydrogen) atoms. The van der Waals surface area contributed by atoms with Crippen molar-refractivity contribution < 1.29 is 9.59 Å². The first-order valence-electron chi connectivity index (χ1n) is 10.4. The molecule has 7 heteroatoms. The molecule has 4 rings (SSSR count). The van der Waals surface area contributed by atoms with Crippen molar-refractivity contribution in [2.24, 2.45) is 5.92 Å². The molecule has 0 saturated carbocycles. The number of aromatic nitrogens is 2. The average Bonchev–Trinajstić information content (AvgIpc) is 3.19. The largest absolute Gasteiger partial charge is 0.356 e. The number of para-hydroxylation sites is 2. The third kappa shape index (κ3) is 4.82. The van der Waals surface area contributed by atoms with Crippen LogP contribution in [-0.2, 0) is 11.2 Å². The predicted molar refractivity (Wildman–Crippen MR) is 118 cm³/mol. The van der Waals surface area contributed by atoms with E-state index in [1.807, 2.05) is 24.3 Å². The number of hydrogen-bond acceptors (Lipinski definition) is 3. The number of halogens is 1. The molecule has 156 valence electrons. The third-order valence-corrected chi connectivity index (χ3v) is 5.75. The minimum Gasteiger partial charge on any atom is -0.356 e. The zero-order valence-corrected chi connectivity index (χ0v) is 17.5. The Morgan fingerprint density at radius 3 is 2.77 bits per heavy atom. The summed E-state index contributed by atoms with van der Waals surface area (Å²) < 4.78 is 0. The van der Waals surface area contributed by atoms with Crippen LogP contribution in [0.1, 0.15) is 35.4 Å². The molecule has 0 spiro atoms. The normalized spacial score (nSPS) is 16.6. The summed E-state index contributed by atoms with van der Waals surface area (Å²) in [6, 6.07) is 14.8. The number of likely N-dealkylation sites (tertiary alicyclic amines) is 1. The minimum absolute atomic E-state index is 0.0215. The van der Waals surface area contributed by atoms with Gasteiger partial charge in [-0.25, -0.2) is 4.98 Å². The quantitative estimate of drug-likeness (QED) is 0.590. The highest BCUT2D eigenvalue weighted by Gasteiger charge is 2.28. The second-order valence-electron chi connectivity index (χ2n) is 7.69. The minimum atomic E-state index is -0.166. The van der Waals surface area contributed by atoms with Crippen molar-refractivity contribution in [1.82, 2.24) is 20.2 Å². The van der Waals surface area contributed by atoms with E-state index in [2.05, 4.69) is 15.3 Å². The zero-order valence-electron chi connectivity index (χ0n) is 16.7. The molecule has 2 aromatic carbocycles. The van der Waals surface area contributed by atoms with Crippen LogP contribution in [-0.4, -0.2) is 46.3 Å². The molecular weight excluding hydrogens is 400 g/mol. The first-order chi connectivity index (χ1) is 14.6. The van der Waals surface area contributed by atoms with Crippen LogP contribution in [0.4, 0.5) is 0 Å². The van der Waals surface area contributed by atoms with Gasteiger partial charge in [0, 0.05) is 36.6 Å². The summed E-state index contributed by atoms with van der Waals surface area (Å²) in [5.74, 6) is 0.742. The van der Waals surface area contributed by atoms with Gasteiger partial charge in [-0.1, -0.05) is 23.7 Å². The van der Waals surface area contributed by atoms with Crippen LogP contribution in [0.25, 0.3) is 11.0 Å². The summed E-state index contributed by atoms with van der Waals surface area (Å²) in [4.78, 5) is 35.0. The molecular formula is C23H25ClN4O2. The maximum absolute atomic E-state index is 12.7. The molecule has 1 aliphatic heterocycles. The van der Waals surface area contributed by atoms with Crippen molar-refractivity contribution in [2.45, 2.75) is 25.7 Å². The fourth-order valence-electron chi connectivity index (χ4n) is 3.89. The summed E-state index contributed by atoms with van der Waals surface area (Å²) >= 11 is 5.90. The molecule has 3 aromatic rings. The van der Waals surface area contributed by atoms with Gasteiger partial charge >= 0.3 is 0 Å². The van der Waals surface area contributed by atoms with Crippen molar-refractivity contribution in [2.75, 3.05) is 19.6 Å². The van der Waals surface area contributed by atoms with E-state index in [0.717, 1.165) is 42.5 Å². The summed E-state index contributed by atoms with van der Waals surface area (Å²) in [7, 11) is 0. The monoisotopic (exact) mass is 424 g/mol. The standard InChI is InChI=1S/C23H25ClN4O2/c24-18-11-9-16(10-12-18)23(30)28-14-4-5-17(15-28)22(29)25-13-3-8-21-26-19-6-1-2-7-20(19)27-21/h1-2,6-7,9-12,17H,3-5,8,13-15H2,(H,25,29)(H,26,27). The molecule has 2 N–H and O–H groups in total. The van der Waals surface area contributed by atoms with Crippen molar-refractivity contribution in [3.63, 3.8) is 0 Å². The molecule has 1 aliphatic rings. The number of nitrogens with zero attached hydrogens (tertiary/aromatic N) is 2. The Morgan fingerprint density at radius 1 is 1.17 bits per heavy atom. The SMILES string of the molecule is O=C(NCCCc1nc2ccccc2[nH]1)C1CCCN(C(=O)c2ccc(Cl)cc2)C1. The van der Waals surface area contributed by atoms with E-state index in [-0.39, 0.29) is 17.7 Å². The number of carbonyl (C=O) groups excluding carboxylic acids is 2. The van der Waals surface area contributed by atoms with Gasteiger partial charge in [-0.15, -0.1) is 0 Å². The topological polar surface area (TPSA) is 78.1 Å². The molecule has 1 saturated heterocycles. The second-order valence-corrected chi connectivity index (χ2v) is 8.13. The third-order valence-electron chi connectivity index (χ3n) is 5.50. The molecule has 1 atom stereocenters. The molecule has 2 heterocycles. The van der Waals surface area contributed by atoms with Crippen molar-refractivity contribution in [1.29, 1.82) is 0 Å². The summed E-state index contributed by atoms with van der Waals surface area (Å²) in [6.45, 7) is 1.73. The summed E-state index contributed by atoms with van der Waals surface area (Å²) in [5, 5.41) is 3.63. The van der Waals surface area contributed by atoms with Crippen LogP contribution in [0.3, 0.4) is 0 Å². The van der Waals surface area contributed by atoms with Crippen molar-refractivity contribution in [3.05, 3.63) is 64.9 Å². The van der Waals surface area contributed by atoms with Gasteiger partial charge in [-0.2, -0.15) is 0 Å². The number of aromatic amines is 1. The first kappa shape index (κ1) is 20.4. The van der Waals surface area contributed by atoms with E-state index in [9.17, 15) is 9.59 Å². The van der Waals surface area contributed by atoms with Gasteiger partial charge in [0.25, 0.3) is 5.91 Å². The lowest BCUT2D eigenvalue weighted by Crippen LogP contribution is -2.45. The van der Waals surface area contributed by atoms with Crippen LogP contribution in [0, 0.1) is 5.92 Å². The zero-order chi connectivity index (χ0) is 20.9. The predicted octanol–water partition coefficient (Wildman–Crippen LogP) is 3.82. The van der Waals surface area contributed by atoms with Crippen LogP contribution < -0.4 is 5.32 Å². The van der Waals surface area contributed by atoms with E-state index in [0.29, 0.717) is 30.2 Å². The number of imidazole rings is 1. The number of rotatable bonds is 6. The fourth-order valence-corrected chi connectivity index (χ4v) is 4.01. The highest BCUT2D eigenvalue weighted by molar-refractivity contribution is 6.30. The maximum atomic E-state index is 12.7. The van der Waals surface area contributed by atoms with Crippen LogP contribution >= 0.6 is 11.6 Å². The number of aryl methyl sites for hydroxylation is 1. The Kier molecular flexibility index (Phi) is 6.33. The van der Waals surface area contributed by atoms with Crippen LogP contribution in [0.5, 0.6) is 0 Å². The average molecular weight is 425 g/mol. The van der Waals surface area contributed by atoms with E-state index in [1.54, 1.807) is 29.2 Å². The van der Waals surface area contributed by atoms with Gasteiger partial charge in [0.2, 0.25) is 5.91 Å². The lowest BCUT2D eigenvalue weighted by atomic mass is 9.96. The molecule has 2 amide bonds. The maximum Gasteiger partial charge on any atom is 0.253 e. The van der Waals surface area contributed by atoms with Gasteiger partial charge in [-0.05, 0) is 55.7 Å². The number of benzene rings is 2. The first-order valence-corrected chi connectivity index (χ1v) is 10.7. The molecule has 6 nitrogen and oxygen atoms in total. The molecule has 1 unspecified atom stereocenters. The van der Waals surface area contributed by atoms with Gasteiger partial charge in [-0.3, -0.25) is 9.59 Å². The highest BCUT2D eigenvalue weighted by Crippen LogP contribution is 2.20. The number of nitrogens with one attached hydrogen (secondary N) is 2. The number of carbonyl (C=O) groups is 2. The lowest BCUT2D eigenvalue weighted by Gasteiger charge is -2.32. The van der Waals surface area contributed by atoms with Gasteiger partial charge in [0.05, 0.1) is 17.0 Å². The van der Waals surface area contributed by atoms with Crippen LogP contribution in [0.2, 0.25) is 5.02 Å². The Bertz CT molecular complexity index is 998. The second kappa shape index (κ2) is 9.30. The lowest BCUT2D eigenvalue weighted by molar-refractivity contribution is -0.126. The van der Waals surface area contributed by atoms with E-state index in [4.69, 9.17) is 11.6 Å². The Labute approximate surface area is 180 Å². The number of amides is 2. The molecule has 1 aromatic heterocycles. The van der Waals surface area contributed by atoms with E-state index < -0.39 is 0 Å². The Balaban J connectivity index is 1.24. The summed E-state index contributed by atoms with van der Waals surface area (Å²) in [6.07, 6.45) is 3.22. The highest BCUT2D eigenvalue weighted by atomic mass is 35.5. The number of fused-ring (bicyclic) bond motifs is 1. The Hall–Kier alpha value is -2.86. The number of H-pyrrole nitrogens is 1. The van der Waals surface area contributed by atoms with Gasteiger partial charge in [0.15, 0.2) is 0 Å². The fraction of sp³-hybridized carbons (Fsp3) is 0.348. The van der Waals surface area contributed by atoms with E-state index >= 15 is 0 Å². The smallest absolute Gasteiger partial charge is 0.253 e. The molecule has 0 bridgehead atoms. The molecule has 0 aliphatic carbocycles. The number of piperidine rings is 1. The van der Waals surface area contributed by atoms with Gasteiger partial charge in [0.1, 0.15) is 5.82 Å². The summed E-state index contributed by atoms with van der Waals surface area (Å²) in [5.41, 5.74) is 2.60. The molecule has 1 fully saturated rings. The van der Waals surface area contributed by atoms with E-state index in [1.165, 1.54) is 0 Å². The van der Waals surface area contributed by atoms with Crippen LogP contribution in [0.15, 0.2) is 48.5 Å². The van der Waals surface area contributed by atoms with Gasteiger partial charge < -0.3 is 15.2 Å². The van der Waals surface area contributed by atoms with Crippen molar-refractivity contribution >= 4 is 34.4 Å². The molecule has 0 radical (unpaired) electrons. The van der Waals surface area contributed by atoms with Crippen molar-refractivity contribution in [3.8, 4) is 0 Å². The number of hydrogen-bond donors (Lipinski definition) is 2. The Morgan fingerprint density at radius 2 is 1.97 bits per heavy atom.